The molecule has 1 amide bonds. The first-order valence-corrected chi connectivity index (χ1v) is 9.81. The molecule has 0 aliphatic heterocycles. The van der Waals surface area contributed by atoms with Gasteiger partial charge in [0, 0.05) is 13.1 Å². The van der Waals surface area contributed by atoms with Crippen LogP contribution in [0, 0.1) is 12.7 Å². The zero-order chi connectivity index (χ0) is 21.0. The highest BCUT2D eigenvalue weighted by molar-refractivity contribution is 6.41. The van der Waals surface area contributed by atoms with E-state index >= 15 is 0 Å². The van der Waals surface area contributed by atoms with Crippen molar-refractivity contribution in [2.45, 2.75) is 26.5 Å². The van der Waals surface area contributed by atoms with E-state index in [0.717, 1.165) is 6.07 Å². The third-order valence-electron chi connectivity index (χ3n) is 3.98. The molecule has 3 rings (SSSR count). The lowest BCUT2D eigenvalue weighted by Crippen LogP contribution is -2.25. The number of hydrogen-bond donors (Lipinski definition) is 1. The number of amides is 1. The fourth-order valence-electron chi connectivity index (χ4n) is 2.52. The minimum Gasteiger partial charge on any atom is -0.484 e. The fourth-order valence-corrected chi connectivity index (χ4v) is 3.13. The van der Waals surface area contributed by atoms with Crippen molar-refractivity contribution < 1.29 is 18.3 Å². The van der Waals surface area contributed by atoms with E-state index in [1.807, 2.05) is 0 Å². The maximum Gasteiger partial charge on any atom is 0.286 e. The number of nitrogens with one attached hydrogen (secondary N) is 1. The van der Waals surface area contributed by atoms with Crippen molar-refractivity contribution in [2.75, 3.05) is 6.54 Å². The zero-order valence-corrected chi connectivity index (χ0v) is 17.6. The molecule has 10 heteroatoms. The Morgan fingerprint density at radius 1 is 1.28 bits per heavy atom. The summed E-state index contributed by atoms with van der Waals surface area (Å²) >= 11 is 18.0. The topological polar surface area (TPSA) is 69.3 Å². The predicted octanol–water partition coefficient (Wildman–Crippen LogP) is 5.28. The number of aromatic nitrogens is 2. The summed E-state index contributed by atoms with van der Waals surface area (Å²) in [5.41, 5.74) is 0.660. The van der Waals surface area contributed by atoms with Crippen LogP contribution in [-0.4, -0.2) is 22.2 Å². The van der Waals surface area contributed by atoms with Crippen LogP contribution in [0.1, 0.15) is 28.4 Å². The molecular weight excluding hydrogens is 444 g/mol. The second-order valence-corrected chi connectivity index (χ2v) is 7.30. The normalized spacial score (nSPS) is 10.9. The van der Waals surface area contributed by atoms with Gasteiger partial charge in [-0.05, 0) is 43.7 Å². The van der Waals surface area contributed by atoms with Crippen LogP contribution in [0.3, 0.4) is 0 Å². The van der Waals surface area contributed by atoms with Crippen LogP contribution in [-0.2, 0) is 13.2 Å². The summed E-state index contributed by atoms with van der Waals surface area (Å²) in [5.74, 6) is 0.112. The lowest BCUT2D eigenvalue weighted by molar-refractivity contribution is 0.0920. The molecule has 0 aliphatic carbocycles. The first kappa shape index (κ1) is 21.5. The number of furan rings is 1. The van der Waals surface area contributed by atoms with Crippen LogP contribution in [0.15, 0.2) is 34.7 Å². The number of carbonyl (C=O) groups excluding carboxylic acids is 1. The summed E-state index contributed by atoms with van der Waals surface area (Å²) in [6, 6.07) is 7.00. The first-order chi connectivity index (χ1) is 13.8. The summed E-state index contributed by atoms with van der Waals surface area (Å²) in [5, 5.41) is 7.95. The molecule has 3 aromatic rings. The van der Waals surface area contributed by atoms with Crippen molar-refractivity contribution >= 4 is 40.7 Å². The summed E-state index contributed by atoms with van der Waals surface area (Å²) in [7, 11) is 0. The molecule has 2 aromatic heterocycles. The molecule has 29 heavy (non-hydrogen) atoms. The molecule has 0 atom stereocenters. The molecule has 0 spiro atoms. The highest BCUT2D eigenvalue weighted by atomic mass is 35.5. The first-order valence-electron chi connectivity index (χ1n) is 8.68. The largest absolute Gasteiger partial charge is 0.484 e. The molecule has 0 saturated heterocycles. The smallest absolute Gasteiger partial charge is 0.286 e. The van der Waals surface area contributed by atoms with Gasteiger partial charge in [0.1, 0.15) is 34.1 Å². The zero-order valence-electron chi connectivity index (χ0n) is 15.3. The minimum atomic E-state index is -0.452. The summed E-state index contributed by atoms with van der Waals surface area (Å²) in [6.07, 6.45) is 0.614. The number of halogens is 4. The van der Waals surface area contributed by atoms with E-state index < -0.39 is 5.82 Å². The quantitative estimate of drug-likeness (QED) is 0.464. The number of aryl methyl sites for hydroxylation is 2. The van der Waals surface area contributed by atoms with Gasteiger partial charge in [0.05, 0.1) is 10.7 Å². The lowest BCUT2D eigenvalue weighted by Gasteiger charge is -2.06. The van der Waals surface area contributed by atoms with Gasteiger partial charge >= 0.3 is 0 Å². The molecule has 0 radical (unpaired) electrons. The van der Waals surface area contributed by atoms with Crippen molar-refractivity contribution in [2.24, 2.45) is 0 Å². The van der Waals surface area contributed by atoms with E-state index in [-0.39, 0.29) is 23.3 Å². The van der Waals surface area contributed by atoms with Gasteiger partial charge in [0.2, 0.25) is 0 Å². The Labute approximate surface area is 181 Å². The van der Waals surface area contributed by atoms with Gasteiger partial charge in [-0.2, -0.15) is 5.10 Å². The second-order valence-electron chi connectivity index (χ2n) is 6.15. The van der Waals surface area contributed by atoms with Crippen LogP contribution in [0.4, 0.5) is 4.39 Å². The number of rotatable bonds is 8. The van der Waals surface area contributed by atoms with Crippen LogP contribution >= 0.6 is 34.8 Å². The Morgan fingerprint density at radius 3 is 2.76 bits per heavy atom. The van der Waals surface area contributed by atoms with E-state index in [1.54, 1.807) is 23.7 Å². The molecule has 1 N–H and O–H groups in total. The molecule has 0 saturated carbocycles. The highest BCUT2D eigenvalue weighted by Gasteiger charge is 2.13. The van der Waals surface area contributed by atoms with Crippen LogP contribution < -0.4 is 10.1 Å². The Morgan fingerprint density at radius 2 is 2.07 bits per heavy atom. The monoisotopic (exact) mass is 459 g/mol. The Kier molecular flexibility index (Phi) is 7.05. The van der Waals surface area contributed by atoms with Crippen molar-refractivity contribution in [1.29, 1.82) is 0 Å². The summed E-state index contributed by atoms with van der Waals surface area (Å²) in [6.45, 7) is 2.75. The molecule has 0 bridgehead atoms. The van der Waals surface area contributed by atoms with E-state index in [1.165, 1.54) is 12.1 Å². The van der Waals surface area contributed by atoms with E-state index in [2.05, 4.69) is 10.4 Å². The molecule has 0 unspecified atom stereocenters. The molecular formula is C19H17Cl3FN3O3. The van der Waals surface area contributed by atoms with Crippen molar-refractivity contribution in [3.8, 4) is 5.75 Å². The fraction of sp³-hybridized carbons (Fsp3) is 0.263. The molecule has 0 aliphatic rings. The maximum atomic E-state index is 13.0. The van der Waals surface area contributed by atoms with Gasteiger partial charge < -0.3 is 14.5 Å². The minimum absolute atomic E-state index is 0.0521. The number of ether oxygens (including phenoxy) is 1. The number of carbonyl (C=O) groups is 1. The van der Waals surface area contributed by atoms with Gasteiger partial charge in [-0.25, -0.2) is 4.39 Å². The molecule has 2 heterocycles. The summed E-state index contributed by atoms with van der Waals surface area (Å²) < 4.78 is 25.6. The summed E-state index contributed by atoms with van der Waals surface area (Å²) in [4.78, 5) is 12.2. The Bertz CT molecular complexity index is 1020. The van der Waals surface area contributed by atoms with Gasteiger partial charge in [0.25, 0.3) is 5.91 Å². The van der Waals surface area contributed by atoms with Crippen molar-refractivity contribution in [3.05, 3.63) is 68.6 Å². The van der Waals surface area contributed by atoms with Crippen LogP contribution in [0.2, 0.25) is 15.2 Å². The lowest BCUT2D eigenvalue weighted by atomic mass is 10.3. The van der Waals surface area contributed by atoms with Crippen molar-refractivity contribution in [3.63, 3.8) is 0 Å². The van der Waals surface area contributed by atoms with Gasteiger partial charge in [-0.1, -0.05) is 34.8 Å². The number of hydrogen-bond acceptors (Lipinski definition) is 4. The van der Waals surface area contributed by atoms with E-state index in [0.29, 0.717) is 46.9 Å². The SMILES string of the molecule is Cc1nn(CCCNC(=O)c2ccc(COc3ccc(F)cc3Cl)o2)c(Cl)c1Cl. The van der Waals surface area contributed by atoms with Gasteiger partial charge in [-0.15, -0.1) is 0 Å². The standard InChI is InChI=1S/C19H17Cl3FN3O3/c1-11-17(21)18(22)26(25-11)8-2-7-24-19(27)16-6-4-13(29-16)10-28-15-5-3-12(23)9-14(15)20/h3-6,9H,2,7-8,10H2,1H3,(H,24,27). The number of nitrogens with zero attached hydrogens (tertiary/aromatic N) is 2. The predicted molar refractivity (Wildman–Crippen MR) is 108 cm³/mol. The Hall–Kier alpha value is -2.22. The van der Waals surface area contributed by atoms with Gasteiger partial charge in [-0.3, -0.25) is 9.48 Å². The van der Waals surface area contributed by atoms with Crippen LogP contribution in [0.5, 0.6) is 5.75 Å². The maximum absolute atomic E-state index is 13.0. The molecule has 0 fully saturated rings. The van der Waals surface area contributed by atoms with E-state index in [9.17, 15) is 9.18 Å². The van der Waals surface area contributed by atoms with Gasteiger partial charge in [0.15, 0.2) is 5.76 Å². The van der Waals surface area contributed by atoms with E-state index in [4.69, 9.17) is 44.0 Å². The number of benzene rings is 1. The van der Waals surface area contributed by atoms with Crippen molar-refractivity contribution in [1.82, 2.24) is 15.1 Å². The Balaban J connectivity index is 1.45. The average molecular weight is 461 g/mol. The molecule has 1 aromatic carbocycles. The average Bonchev–Trinajstić information content (AvgIpc) is 3.25. The highest BCUT2D eigenvalue weighted by Crippen LogP contribution is 2.26. The third kappa shape index (κ3) is 5.44. The van der Waals surface area contributed by atoms with Crippen LogP contribution in [0.25, 0.3) is 0 Å². The third-order valence-corrected chi connectivity index (χ3v) is 5.21. The molecule has 6 nitrogen and oxygen atoms in total. The second kappa shape index (κ2) is 9.52. The molecule has 154 valence electrons.